The van der Waals surface area contributed by atoms with Crippen LogP contribution in [0.25, 0.3) is 0 Å². The van der Waals surface area contributed by atoms with Crippen molar-refractivity contribution in [2.75, 3.05) is 38.3 Å². The summed E-state index contributed by atoms with van der Waals surface area (Å²) in [7, 11) is 1.50. The van der Waals surface area contributed by atoms with E-state index in [1.165, 1.54) is 12.0 Å². The second kappa shape index (κ2) is 14.0. The van der Waals surface area contributed by atoms with Gasteiger partial charge in [-0.3, -0.25) is 19.2 Å². The molecule has 4 aliphatic heterocycles. The van der Waals surface area contributed by atoms with Gasteiger partial charge in [0.15, 0.2) is 0 Å². The first-order valence-electron chi connectivity index (χ1n) is 15.8. The Labute approximate surface area is 278 Å². The fourth-order valence-electron chi connectivity index (χ4n) is 7.19. The van der Waals surface area contributed by atoms with Crippen molar-refractivity contribution >= 4 is 41.0 Å². The summed E-state index contributed by atoms with van der Waals surface area (Å²) < 4.78 is 18.2. The lowest BCUT2D eigenvalue weighted by Gasteiger charge is -2.36. The Kier molecular flexibility index (Phi) is 9.79. The Bertz CT molecular complexity index is 1550. The van der Waals surface area contributed by atoms with Gasteiger partial charge >= 0.3 is 5.97 Å². The smallest absolute Gasteiger partial charge is 0.313 e. The maximum atomic E-state index is 14.7. The zero-order valence-corrected chi connectivity index (χ0v) is 26.8. The number of halogens is 1. The number of allylic oxidation sites excluding steroid dienone is 1. The van der Waals surface area contributed by atoms with Gasteiger partial charge in [0.25, 0.3) is 5.91 Å². The number of rotatable bonds is 7. The van der Waals surface area contributed by atoms with E-state index in [2.05, 4.69) is 5.32 Å². The lowest BCUT2D eigenvalue weighted by molar-refractivity contribution is -0.162. The highest BCUT2D eigenvalue weighted by atomic mass is 35.5. The van der Waals surface area contributed by atoms with Crippen LogP contribution in [-0.2, 0) is 33.4 Å². The van der Waals surface area contributed by atoms with Crippen LogP contribution in [0.1, 0.15) is 30.9 Å². The Morgan fingerprint density at radius 1 is 1.04 bits per heavy atom. The molecule has 3 amide bonds. The second-order valence-corrected chi connectivity index (χ2v) is 12.6. The van der Waals surface area contributed by atoms with Crippen molar-refractivity contribution in [1.29, 1.82) is 0 Å². The largest absolute Gasteiger partial charge is 0.455 e. The maximum absolute atomic E-state index is 14.7. The molecule has 6 rings (SSSR count). The highest BCUT2D eigenvalue weighted by molar-refractivity contribution is 6.30. The molecular formula is C35H38ClN3O8. The van der Waals surface area contributed by atoms with Crippen LogP contribution >= 0.6 is 11.6 Å². The topological polar surface area (TPSA) is 135 Å². The van der Waals surface area contributed by atoms with Crippen molar-refractivity contribution < 1.29 is 38.5 Å². The number of esters is 1. The van der Waals surface area contributed by atoms with Crippen molar-refractivity contribution in [3.8, 4) is 0 Å². The molecule has 7 atom stereocenters. The molecule has 12 heteroatoms. The van der Waals surface area contributed by atoms with Gasteiger partial charge in [-0.15, -0.1) is 0 Å². The maximum Gasteiger partial charge on any atom is 0.313 e. The third-order valence-electron chi connectivity index (χ3n) is 9.26. The molecule has 2 N–H and O–H groups in total. The number of carbonyl (C=O) groups excluding carboxylic acids is 4. The van der Waals surface area contributed by atoms with E-state index in [1.54, 1.807) is 59.5 Å². The van der Waals surface area contributed by atoms with Crippen LogP contribution in [0.5, 0.6) is 0 Å². The molecule has 47 heavy (non-hydrogen) atoms. The minimum absolute atomic E-state index is 0.0623. The van der Waals surface area contributed by atoms with Gasteiger partial charge in [-0.2, -0.15) is 0 Å². The van der Waals surface area contributed by atoms with Gasteiger partial charge in [-0.25, -0.2) is 0 Å². The van der Waals surface area contributed by atoms with Crippen LogP contribution in [0.15, 0.2) is 78.9 Å². The summed E-state index contributed by atoms with van der Waals surface area (Å²) in [6.45, 7) is 0.101. The average Bonchev–Trinajstić information content (AvgIpc) is 3.71. The Morgan fingerprint density at radius 2 is 1.81 bits per heavy atom. The van der Waals surface area contributed by atoms with Gasteiger partial charge in [0.1, 0.15) is 23.7 Å². The zero-order valence-electron chi connectivity index (χ0n) is 26.0. The van der Waals surface area contributed by atoms with Crippen molar-refractivity contribution in [2.24, 2.45) is 11.8 Å². The van der Waals surface area contributed by atoms with Gasteiger partial charge in [0.05, 0.1) is 24.7 Å². The number of hydrogen-bond donors (Lipinski definition) is 2. The van der Waals surface area contributed by atoms with Crippen LogP contribution in [0.4, 0.5) is 5.69 Å². The second-order valence-electron chi connectivity index (χ2n) is 12.1. The van der Waals surface area contributed by atoms with E-state index >= 15 is 0 Å². The number of amides is 3. The van der Waals surface area contributed by atoms with E-state index in [-0.39, 0.29) is 45.1 Å². The minimum Gasteiger partial charge on any atom is -0.455 e. The van der Waals surface area contributed by atoms with Crippen molar-refractivity contribution in [1.82, 2.24) is 10.2 Å². The molecule has 248 valence electrons. The molecule has 2 fully saturated rings. The number of hydrogen-bond acceptors (Lipinski definition) is 8. The quantitative estimate of drug-likeness (QED) is 0.341. The van der Waals surface area contributed by atoms with E-state index in [0.717, 1.165) is 0 Å². The number of anilines is 1. The highest BCUT2D eigenvalue weighted by Gasteiger charge is 2.73. The minimum atomic E-state index is -1.43. The number of benzene rings is 2. The third-order valence-corrected chi connectivity index (χ3v) is 9.52. The molecule has 11 nitrogen and oxygen atoms in total. The van der Waals surface area contributed by atoms with Crippen LogP contribution in [-0.4, -0.2) is 90.9 Å². The highest BCUT2D eigenvalue weighted by Crippen LogP contribution is 2.56. The molecule has 2 aromatic carbocycles. The van der Waals surface area contributed by atoms with Gasteiger partial charge in [0, 0.05) is 43.9 Å². The number of likely N-dealkylation sites (tertiary alicyclic amines) is 1. The molecule has 2 aromatic rings. The normalized spacial score (nSPS) is 31.6. The van der Waals surface area contributed by atoms with Crippen LogP contribution in [0, 0.1) is 11.8 Å². The molecule has 0 saturated carbocycles. The van der Waals surface area contributed by atoms with E-state index in [1.807, 2.05) is 24.3 Å². The summed E-state index contributed by atoms with van der Waals surface area (Å²) in [5, 5.41) is 13.2. The standard InChI is InChI=1S/C35H38ClN3O8/c1-45-21-25-30(22-9-4-2-5-10-22)46-34(44)28-26-16-17-35(47-26)29(28)32(42)39(19-8-20-40)31(35)33(43)38(24-14-12-23(36)13-15-24)18-7-3-6-11-27(41)37-25/h2-5,7,9-10,12-17,25-26,28-31,40H,6,8,11,18-21H2,1H3,(H,37,41)/b7-3-/t25-,26+,28-,29-,30-,31+,35-/m1/s1. The van der Waals surface area contributed by atoms with Crippen molar-refractivity contribution in [2.45, 2.75) is 49.2 Å². The fourth-order valence-corrected chi connectivity index (χ4v) is 7.32. The van der Waals surface area contributed by atoms with E-state index < -0.39 is 59.5 Å². The zero-order chi connectivity index (χ0) is 33.1. The number of nitrogens with one attached hydrogen (secondary N) is 1. The summed E-state index contributed by atoms with van der Waals surface area (Å²) in [4.78, 5) is 59.4. The molecule has 5 bridgehead atoms. The number of nitrogens with zero attached hydrogens (tertiary/aromatic N) is 2. The number of ether oxygens (including phenoxy) is 3. The van der Waals surface area contributed by atoms with E-state index in [4.69, 9.17) is 25.8 Å². The summed E-state index contributed by atoms with van der Waals surface area (Å²) in [6, 6.07) is 14.0. The molecule has 4 heterocycles. The van der Waals surface area contributed by atoms with Crippen LogP contribution in [0.2, 0.25) is 5.02 Å². The molecule has 1 spiro atoms. The van der Waals surface area contributed by atoms with Crippen molar-refractivity contribution in [3.63, 3.8) is 0 Å². The van der Waals surface area contributed by atoms with E-state index in [0.29, 0.717) is 22.7 Å². The number of aliphatic hydroxyl groups excluding tert-OH is 1. The predicted octanol–water partition coefficient (Wildman–Crippen LogP) is 2.97. The number of carbonyl (C=O) groups is 4. The molecular weight excluding hydrogens is 626 g/mol. The van der Waals surface area contributed by atoms with Gasteiger partial charge in [-0.05, 0) is 42.7 Å². The van der Waals surface area contributed by atoms with Crippen molar-refractivity contribution in [3.05, 3.63) is 89.5 Å². The summed E-state index contributed by atoms with van der Waals surface area (Å²) in [5.41, 5.74) is -0.234. The monoisotopic (exact) mass is 663 g/mol. The van der Waals surface area contributed by atoms with Crippen LogP contribution < -0.4 is 10.2 Å². The Balaban J connectivity index is 1.44. The summed E-state index contributed by atoms with van der Waals surface area (Å²) >= 11 is 6.17. The average molecular weight is 664 g/mol. The van der Waals surface area contributed by atoms with E-state index in [9.17, 15) is 24.3 Å². The number of methoxy groups -OCH3 is 1. The Morgan fingerprint density at radius 3 is 2.53 bits per heavy atom. The number of fused-ring (bicyclic) bond motifs is 2. The molecule has 0 aliphatic carbocycles. The van der Waals surface area contributed by atoms with Gasteiger partial charge < -0.3 is 34.4 Å². The molecule has 4 aliphatic rings. The first-order chi connectivity index (χ1) is 22.8. The number of cyclic esters (lactones) is 1. The first kappa shape index (κ1) is 32.9. The third kappa shape index (κ3) is 6.20. The number of aliphatic hydroxyl groups is 1. The molecule has 0 radical (unpaired) electrons. The van der Waals surface area contributed by atoms with Gasteiger partial charge in [-0.1, -0.05) is 66.2 Å². The fraction of sp³-hybridized carbons (Fsp3) is 0.429. The summed E-state index contributed by atoms with van der Waals surface area (Å²) in [5.74, 6) is -3.86. The lowest BCUT2D eigenvalue weighted by atomic mass is 9.74. The first-order valence-corrected chi connectivity index (χ1v) is 16.2. The van der Waals surface area contributed by atoms with Gasteiger partial charge in [0.2, 0.25) is 11.8 Å². The predicted molar refractivity (Wildman–Crippen MR) is 172 cm³/mol. The molecule has 0 aromatic heterocycles. The SMILES string of the molecule is COC[C@H]1NC(=O)CC/C=C\CN(c2ccc(Cl)cc2)C(=O)[C@@H]2N(CCCO)C(=O)[C@H]3[C@H](C(=O)O[C@@H]1c1ccccc1)[C@@H]1C=C[C@]23O1. The lowest BCUT2D eigenvalue weighted by Crippen LogP contribution is -2.56. The van der Waals surface area contributed by atoms with Crippen LogP contribution in [0.3, 0.4) is 0 Å². The Hall–Kier alpha value is -4.03. The molecule has 0 unspecified atom stereocenters. The molecule has 2 saturated heterocycles. The summed E-state index contributed by atoms with van der Waals surface area (Å²) in [6.07, 6.45) is 6.12.